The van der Waals surface area contributed by atoms with Crippen molar-refractivity contribution < 1.29 is 14.7 Å². The number of rotatable bonds is 6. The molecule has 2 N–H and O–H groups in total. The molecule has 0 fully saturated rings. The van der Waals surface area contributed by atoms with Crippen molar-refractivity contribution in [1.82, 2.24) is 14.7 Å². The van der Waals surface area contributed by atoms with Crippen LogP contribution in [0.4, 0.5) is 10.5 Å². The monoisotopic (exact) mass is 282 g/mol. The van der Waals surface area contributed by atoms with Crippen molar-refractivity contribution in [3.63, 3.8) is 0 Å². The van der Waals surface area contributed by atoms with Crippen molar-refractivity contribution in [3.8, 4) is 0 Å². The minimum atomic E-state index is -0.977. The number of aromatic nitrogens is 2. The molecule has 0 saturated heterocycles. The van der Waals surface area contributed by atoms with E-state index in [1.54, 1.807) is 4.90 Å². The summed E-state index contributed by atoms with van der Waals surface area (Å²) in [7, 11) is 0. The average molecular weight is 282 g/mol. The molecule has 2 amide bonds. The number of aliphatic carboxylic acids is 1. The number of amides is 2. The van der Waals surface area contributed by atoms with Crippen LogP contribution in [0.3, 0.4) is 0 Å². The Kier molecular flexibility index (Phi) is 5.54. The van der Waals surface area contributed by atoms with Gasteiger partial charge in [-0.15, -0.1) is 0 Å². The maximum Gasteiger partial charge on any atom is 0.325 e. The van der Waals surface area contributed by atoms with Crippen LogP contribution >= 0.6 is 0 Å². The van der Waals surface area contributed by atoms with Gasteiger partial charge in [-0.3, -0.25) is 9.48 Å². The standard InChI is InChI=1S/C13H22N4O3/c1-9(2)6-17(10(3)4)13(20)15-11-5-14-16(7-11)8-12(18)19/h5,7,9-10H,6,8H2,1-4H3,(H,15,20)(H,18,19). The molecule has 7 nitrogen and oxygen atoms in total. The lowest BCUT2D eigenvalue weighted by Crippen LogP contribution is -2.42. The van der Waals surface area contributed by atoms with Gasteiger partial charge in [-0.05, 0) is 19.8 Å². The zero-order chi connectivity index (χ0) is 15.3. The Bertz CT molecular complexity index is 468. The van der Waals surface area contributed by atoms with Gasteiger partial charge in [-0.2, -0.15) is 5.10 Å². The van der Waals surface area contributed by atoms with E-state index in [4.69, 9.17) is 5.11 Å². The van der Waals surface area contributed by atoms with E-state index in [0.717, 1.165) is 0 Å². The van der Waals surface area contributed by atoms with Gasteiger partial charge in [0.2, 0.25) is 0 Å². The predicted octanol–water partition coefficient (Wildman–Crippen LogP) is 1.87. The zero-order valence-electron chi connectivity index (χ0n) is 12.3. The molecule has 1 aromatic rings. The van der Waals surface area contributed by atoms with Gasteiger partial charge in [0.05, 0.1) is 11.9 Å². The first kappa shape index (κ1) is 16.0. The molecule has 0 spiro atoms. The van der Waals surface area contributed by atoms with E-state index >= 15 is 0 Å². The van der Waals surface area contributed by atoms with Crippen molar-refractivity contribution >= 4 is 17.7 Å². The van der Waals surface area contributed by atoms with Gasteiger partial charge in [-0.25, -0.2) is 4.79 Å². The second-order valence-electron chi connectivity index (χ2n) is 5.39. The lowest BCUT2D eigenvalue weighted by atomic mass is 10.2. The highest BCUT2D eigenvalue weighted by Crippen LogP contribution is 2.10. The molecule has 0 unspecified atom stereocenters. The molecule has 0 saturated carbocycles. The van der Waals surface area contributed by atoms with Crippen molar-refractivity contribution in [2.75, 3.05) is 11.9 Å². The van der Waals surface area contributed by atoms with E-state index in [0.29, 0.717) is 18.2 Å². The van der Waals surface area contributed by atoms with Gasteiger partial charge < -0.3 is 15.3 Å². The van der Waals surface area contributed by atoms with Crippen molar-refractivity contribution in [1.29, 1.82) is 0 Å². The smallest absolute Gasteiger partial charge is 0.325 e. The predicted molar refractivity (Wildman–Crippen MR) is 75.6 cm³/mol. The van der Waals surface area contributed by atoms with Crippen LogP contribution in [-0.2, 0) is 11.3 Å². The second kappa shape index (κ2) is 6.93. The summed E-state index contributed by atoms with van der Waals surface area (Å²) in [6, 6.07) is -0.116. The summed E-state index contributed by atoms with van der Waals surface area (Å²) >= 11 is 0. The molecule has 1 heterocycles. The van der Waals surface area contributed by atoms with E-state index in [1.807, 2.05) is 27.7 Å². The van der Waals surface area contributed by atoms with Gasteiger partial charge >= 0.3 is 12.0 Å². The second-order valence-corrected chi connectivity index (χ2v) is 5.39. The fourth-order valence-electron chi connectivity index (χ4n) is 1.77. The number of carboxylic acid groups (broad SMARTS) is 1. The van der Waals surface area contributed by atoms with E-state index in [2.05, 4.69) is 10.4 Å². The molecule has 0 aliphatic rings. The lowest BCUT2D eigenvalue weighted by Gasteiger charge is -2.28. The Hall–Kier alpha value is -2.05. The van der Waals surface area contributed by atoms with Gasteiger partial charge in [0.1, 0.15) is 6.54 Å². The molecule has 0 bridgehead atoms. The SMILES string of the molecule is CC(C)CN(C(=O)Nc1cnn(CC(=O)O)c1)C(C)C. The first-order valence-corrected chi connectivity index (χ1v) is 6.61. The van der Waals surface area contributed by atoms with E-state index in [1.165, 1.54) is 17.1 Å². The molecule has 0 aliphatic heterocycles. The summed E-state index contributed by atoms with van der Waals surface area (Å²) in [6.45, 7) is 8.44. The topological polar surface area (TPSA) is 87.5 Å². The number of carboxylic acids is 1. The van der Waals surface area contributed by atoms with Crippen LogP contribution in [-0.4, -0.2) is 44.4 Å². The van der Waals surface area contributed by atoms with Crippen LogP contribution in [0.15, 0.2) is 12.4 Å². The summed E-state index contributed by atoms with van der Waals surface area (Å²) < 4.78 is 1.26. The highest BCUT2D eigenvalue weighted by molar-refractivity contribution is 5.89. The molecule has 0 radical (unpaired) electrons. The number of nitrogens with zero attached hydrogens (tertiary/aromatic N) is 3. The van der Waals surface area contributed by atoms with Crippen LogP contribution in [0, 0.1) is 5.92 Å². The molecule has 0 atom stereocenters. The van der Waals surface area contributed by atoms with E-state index < -0.39 is 5.97 Å². The number of urea groups is 1. The third-order valence-electron chi connectivity index (χ3n) is 2.63. The van der Waals surface area contributed by atoms with Gasteiger partial charge in [0.25, 0.3) is 0 Å². The molecule has 1 rings (SSSR count). The van der Waals surface area contributed by atoms with Gasteiger partial charge in [0.15, 0.2) is 0 Å². The summed E-state index contributed by atoms with van der Waals surface area (Å²) in [5, 5.41) is 15.3. The number of nitrogens with one attached hydrogen (secondary N) is 1. The highest BCUT2D eigenvalue weighted by Gasteiger charge is 2.18. The molecule has 7 heteroatoms. The molecule has 0 aliphatic carbocycles. The number of carbonyl (C=O) groups excluding carboxylic acids is 1. The molecular formula is C13H22N4O3. The van der Waals surface area contributed by atoms with Crippen LogP contribution < -0.4 is 5.32 Å². The highest BCUT2D eigenvalue weighted by atomic mass is 16.4. The fourth-order valence-corrected chi connectivity index (χ4v) is 1.77. The molecule has 1 aromatic heterocycles. The maximum absolute atomic E-state index is 12.2. The van der Waals surface area contributed by atoms with E-state index in [-0.39, 0.29) is 18.6 Å². The summed E-state index contributed by atoms with van der Waals surface area (Å²) in [5.74, 6) is -0.604. The Balaban J connectivity index is 2.68. The first-order chi connectivity index (χ1) is 9.29. The molecule has 112 valence electrons. The Morgan fingerprint density at radius 3 is 2.55 bits per heavy atom. The minimum Gasteiger partial charge on any atom is -0.480 e. The van der Waals surface area contributed by atoms with Crippen LogP contribution in [0.5, 0.6) is 0 Å². The van der Waals surface area contributed by atoms with Gasteiger partial charge in [-0.1, -0.05) is 13.8 Å². The zero-order valence-corrected chi connectivity index (χ0v) is 12.3. The lowest BCUT2D eigenvalue weighted by molar-refractivity contribution is -0.137. The van der Waals surface area contributed by atoms with Crippen LogP contribution in [0.25, 0.3) is 0 Å². The number of hydrogen-bond acceptors (Lipinski definition) is 3. The van der Waals surface area contributed by atoms with E-state index in [9.17, 15) is 9.59 Å². The third kappa shape index (κ3) is 4.91. The summed E-state index contributed by atoms with van der Waals surface area (Å²) in [4.78, 5) is 24.5. The Labute approximate surface area is 118 Å². The van der Waals surface area contributed by atoms with Crippen molar-refractivity contribution in [2.45, 2.75) is 40.3 Å². The number of hydrogen-bond donors (Lipinski definition) is 2. The van der Waals surface area contributed by atoms with Crippen molar-refractivity contribution in [2.24, 2.45) is 5.92 Å². The quantitative estimate of drug-likeness (QED) is 0.833. The Morgan fingerprint density at radius 1 is 1.40 bits per heavy atom. The maximum atomic E-state index is 12.2. The van der Waals surface area contributed by atoms with Crippen molar-refractivity contribution in [3.05, 3.63) is 12.4 Å². The summed E-state index contributed by atoms with van der Waals surface area (Å²) in [6.07, 6.45) is 2.94. The Morgan fingerprint density at radius 2 is 2.05 bits per heavy atom. The largest absolute Gasteiger partial charge is 0.480 e. The fraction of sp³-hybridized carbons (Fsp3) is 0.615. The normalized spacial score (nSPS) is 10.9. The van der Waals surface area contributed by atoms with Gasteiger partial charge in [0, 0.05) is 18.8 Å². The minimum absolute atomic E-state index is 0.0893. The number of carbonyl (C=O) groups is 2. The number of anilines is 1. The van der Waals surface area contributed by atoms with Crippen LogP contribution in [0.2, 0.25) is 0 Å². The molecule has 20 heavy (non-hydrogen) atoms. The average Bonchev–Trinajstić information content (AvgIpc) is 2.71. The van der Waals surface area contributed by atoms with Crippen LogP contribution in [0.1, 0.15) is 27.7 Å². The molecular weight excluding hydrogens is 260 g/mol. The molecule has 0 aromatic carbocycles. The first-order valence-electron chi connectivity index (χ1n) is 6.61. The summed E-state index contributed by atoms with van der Waals surface area (Å²) in [5.41, 5.74) is 0.491. The third-order valence-corrected chi connectivity index (χ3v) is 2.63.